The van der Waals surface area contributed by atoms with Gasteiger partial charge >= 0.3 is 23.6 Å². The Labute approximate surface area is 173 Å². The molecule has 0 spiro atoms. The molecule has 1 heterocycles. The normalized spacial score (nSPS) is 10.7. The van der Waals surface area contributed by atoms with Crippen molar-refractivity contribution >= 4 is 35.2 Å². The Morgan fingerprint density at radius 3 is 1.93 bits per heavy atom. The molecule has 0 atom stereocenters. The van der Waals surface area contributed by atoms with E-state index in [0.717, 1.165) is 25.4 Å². The summed E-state index contributed by atoms with van der Waals surface area (Å²) in [4.78, 5) is 56.6. The Kier molecular flexibility index (Phi) is 8.44. The van der Waals surface area contributed by atoms with Crippen LogP contribution < -0.4 is 9.80 Å². The predicted octanol–water partition coefficient (Wildman–Crippen LogP) is 0.315. The second-order valence-electron chi connectivity index (χ2n) is 7.08. The smallest absolute Gasteiger partial charge is 0.353 e. The van der Waals surface area contributed by atoms with Crippen LogP contribution in [-0.2, 0) is 28.6 Å². The van der Waals surface area contributed by atoms with E-state index >= 15 is 0 Å². The summed E-state index contributed by atoms with van der Waals surface area (Å²) in [6.45, 7) is 3.73. The monoisotopic (exact) mass is 427 g/mol. The lowest BCUT2D eigenvalue weighted by Gasteiger charge is -2.24. The van der Waals surface area contributed by atoms with E-state index < -0.39 is 47.2 Å². The minimum Gasteiger partial charge on any atom is -0.468 e. The van der Waals surface area contributed by atoms with E-state index in [4.69, 9.17) is 4.74 Å². The average Bonchev–Trinajstić information content (AvgIpc) is 2.64. The molecule has 0 aromatic carbocycles. The first kappa shape index (κ1) is 24.5. The third kappa shape index (κ3) is 7.14. The van der Waals surface area contributed by atoms with Crippen LogP contribution in [0.3, 0.4) is 0 Å². The maximum Gasteiger partial charge on any atom is 0.353 e. The van der Waals surface area contributed by atoms with Gasteiger partial charge in [0.25, 0.3) is 0 Å². The molecule has 13 nitrogen and oxygen atoms in total. The van der Waals surface area contributed by atoms with Crippen LogP contribution in [0.1, 0.15) is 20.8 Å². The van der Waals surface area contributed by atoms with Crippen LogP contribution in [0.2, 0.25) is 0 Å². The molecule has 0 aliphatic carbocycles. The number of rotatable bonds is 9. The van der Waals surface area contributed by atoms with Crippen LogP contribution in [0, 0.1) is 10.1 Å². The van der Waals surface area contributed by atoms with Crippen molar-refractivity contribution in [2.24, 2.45) is 0 Å². The average molecular weight is 427 g/mol. The van der Waals surface area contributed by atoms with Gasteiger partial charge in [0.15, 0.2) is 0 Å². The number of carbonyl (C=O) groups excluding carboxylic acids is 3. The van der Waals surface area contributed by atoms with Gasteiger partial charge in [0.05, 0.1) is 19.1 Å². The second kappa shape index (κ2) is 10.3. The SMILES string of the molecule is COC(=O)CN(CC(=O)OC)c1ncnc(N(C)CC(=O)OC(C)(C)C)c1[N+](=O)[O-]. The predicted molar refractivity (Wildman–Crippen MR) is 104 cm³/mol. The third-order valence-electron chi connectivity index (χ3n) is 3.51. The van der Waals surface area contributed by atoms with Gasteiger partial charge in [0.1, 0.15) is 31.6 Å². The lowest BCUT2D eigenvalue weighted by Crippen LogP contribution is -2.37. The number of nitrogens with zero attached hydrogens (tertiary/aromatic N) is 5. The van der Waals surface area contributed by atoms with Gasteiger partial charge in [-0.25, -0.2) is 9.97 Å². The molecule has 0 saturated heterocycles. The molecule has 0 unspecified atom stereocenters. The van der Waals surface area contributed by atoms with Crippen LogP contribution in [-0.4, -0.2) is 79.3 Å². The van der Waals surface area contributed by atoms with E-state index in [0.29, 0.717) is 0 Å². The topological polar surface area (TPSA) is 154 Å². The number of aromatic nitrogens is 2. The van der Waals surface area contributed by atoms with Crippen molar-refractivity contribution in [1.29, 1.82) is 0 Å². The zero-order valence-corrected chi connectivity index (χ0v) is 17.7. The number of nitro groups is 1. The number of carbonyl (C=O) groups is 3. The number of anilines is 2. The molecule has 0 radical (unpaired) electrons. The minimum atomic E-state index is -0.766. The van der Waals surface area contributed by atoms with Crippen LogP contribution in [0.15, 0.2) is 6.33 Å². The molecular weight excluding hydrogens is 402 g/mol. The molecule has 0 saturated carbocycles. The minimum absolute atomic E-state index is 0.199. The number of ether oxygens (including phenoxy) is 3. The first-order valence-corrected chi connectivity index (χ1v) is 8.70. The molecule has 0 fully saturated rings. The van der Waals surface area contributed by atoms with E-state index in [1.807, 2.05) is 0 Å². The summed E-state index contributed by atoms with van der Waals surface area (Å²) in [5.41, 5.74) is -1.34. The lowest BCUT2D eigenvalue weighted by atomic mass is 10.2. The number of esters is 3. The fraction of sp³-hybridized carbons (Fsp3) is 0.588. The molecule has 1 rings (SSSR count). The van der Waals surface area contributed by atoms with Crippen LogP contribution in [0.25, 0.3) is 0 Å². The van der Waals surface area contributed by atoms with E-state index in [9.17, 15) is 24.5 Å². The quantitative estimate of drug-likeness (QED) is 0.230. The molecule has 0 amide bonds. The van der Waals surface area contributed by atoms with Crippen molar-refractivity contribution in [3.8, 4) is 0 Å². The second-order valence-corrected chi connectivity index (χ2v) is 7.08. The summed E-state index contributed by atoms with van der Waals surface area (Å²) >= 11 is 0. The Bertz CT molecular complexity index is 790. The van der Waals surface area contributed by atoms with Crippen molar-refractivity contribution in [2.45, 2.75) is 26.4 Å². The highest BCUT2D eigenvalue weighted by molar-refractivity contribution is 5.84. The van der Waals surface area contributed by atoms with Crippen molar-refractivity contribution < 1.29 is 33.5 Å². The molecule has 166 valence electrons. The number of hydrogen-bond acceptors (Lipinski definition) is 12. The molecule has 13 heteroatoms. The van der Waals surface area contributed by atoms with Crippen molar-refractivity contribution in [2.75, 3.05) is 50.7 Å². The number of methoxy groups -OCH3 is 2. The van der Waals surface area contributed by atoms with Crippen molar-refractivity contribution in [3.63, 3.8) is 0 Å². The summed E-state index contributed by atoms with van der Waals surface area (Å²) in [6.07, 6.45) is 1.02. The van der Waals surface area contributed by atoms with E-state index in [2.05, 4.69) is 19.4 Å². The Morgan fingerprint density at radius 1 is 1.00 bits per heavy atom. The van der Waals surface area contributed by atoms with Gasteiger partial charge in [0.2, 0.25) is 11.6 Å². The highest BCUT2D eigenvalue weighted by Gasteiger charge is 2.32. The van der Waals surface area contributed by atoms with Gasteiger partial charge in [-0.15, -0.1) is 0 Å². The lowest BCUT2D eigenvalue weighted by molar-refractivity contribution is -0.383. The standard InChI is InChI=1S/C17H25N5O8/c1-17(2,3)30-13(25)7-20(4)15-14(22(26)27)16(19-10-18-15)21(8-11(23)28-5)9-12(24)29-6/h10H,7-9H2,1-6H3. The maximum atomic E-state index is 12.1. The summed E-state index contributed by atoms with van der Waals surface area (Å²) in [5, 5.41) is 11.8. The molecule has 0 aliphatic heterocycles. The van der Waals surface area contributed by atoms with Gasteiger partial charge < -0.3 is 24.0 Å². The highest BCUT2D eigenvalue weighted by atomic mass is 16.6. The molecule has 0 bridgehead atoms. The maximum absolute atomic E-state index is 12.1. The van der Waals surface area contributed by atoms with Gasteiger partial charge in [-0.3, -0.25) is 24.5 Å². The van der Waals surface area contributed by atoms with Crippen LogP contribution in [0.5, 0.6) is 0 Å². The zero-order chi connectivity index (χ0) is 23.1. The number of hydrogen-bond donors (Lipinski definition) is 0. The van der Waals surface area contributed by atoms with E-state index in [1.54, 1.807) is 20.8 Å². The highest BCUT2D eigenvalue weighted by Crippen LogP contribution is 2.33. The molecule has 0 N–H and O–H groups in total. The number of likely N-dealkylation sites (N-methyl/N-ethyl adjacent to an activating group) is 1. The molecular formula is C17H25N5O8. The molecule has 1 aromatic heterocycles. The first-order chi connectivity index (χ1) is 13.9. The van der Waals surface area contributed by atoms with Gasteiger partial charge in [-0.1, -0.05) is 0 Å². The molecule has 0 aliphatic rings. The van der Waals surface area contributed by atoms with Crippen LogP contribution in [0.4, 0.5) is 17.3 Å². The summed E-state index contributed by atoms with van der Waals surface area (Å²) in [7, 11) is 3.67. The van der Waals surface area contributed by atoms with Crippen molar-refractivity contribution in [3.05, 3.63) is 16.4 Å². The fourth-order valence-corrected chi connectivity index (χ4v) is 2.32. The molecule has 1 aromatic rings. The van der Waals surface area contributed by atoms with E-state index in [-0.39, 0.29) is 18.2 Å². The summed E-state index contributed by atoms with van der Waals surface area (Å²) < 4.78 is 14.4. The van der Waals surface area contributed by atoms with E-state index in [1.165, 1.54) is 11.9 Å². The fourth-order valence-electron chi connectivity index (χ4n) is 2.32. The van der Waals surface area contributed by atoms with Crippen LogP contribution >= 0.6 is 0 Å². The summed E-state index contributed by atoms with van der Waals surface area (Å²) in [6, 6.07) is 0. The van der Waals surface area contributed by atoms with Crippen molar-refractivity contribution in [1.82, 2.24) is 9.97 Å². The first-order valence-electron chi connectivity index (χ1n) is 8.70. The van der Waals surface area contributed by atoms with Gasteiger partial charge in [-0.2, -0.15) is 0 Å². The molecule has 30 heavy (non-hydrogen) atoms. The Balaban J connectivity index is 3.35. The Hall–Kier alpha value is -3.51. The third-order valence-corrected chi connectivity index (χ3v) is 3.51. The van der Waals surface area contributed by atoms with Gasteiger partial charge in [0, 0.05) is 7.05 Å². The van der Waals surface area contributed by atoms with Gasteiger partial charge in [-0.05, 0) is 20.8 Å². The summed E-state index contributed by atoms with van der Waals surface area (Å²) in [5.74, 6) is -2.64. The zero-order valence-electron chi connectivity index (χ0n) is 17.7. The Morgan fingerprint density at radius 2 is 1.50 bits per heavy atom. The largest absolute Gasteiger partial charge is 0.468 e.